The van der Waals surface area contributed by atoms with Gasteiger partial charge in [0.25, 0.3) is 0 Å². The highest BCUT2D eigenvalue weighted by Crippen LogP contribution is 2.19. The molecule has 0 radical (unpaired) electrons. The zero-order valence-electron chi connectivity index (χ0n) is 12.5. The van der Waals surface area contributed by atoms with Crippen LogP contribution in [-0.2, 0) is 0 Å². The van der Waals surface area contributed by atoms with Gasteiger partial charge in [0.1, 0.15) is 11.6 Å². The summed E-state index contributed by atoms with van der Waals surface area (Å²) >= 11 is 0. The van der Waals surface area contributed by atoms with E-state index in [1.54, 1.807) is 13.3 Å². The molecule has 4 heteroatoms. The molecular weight excluding hydrogens is 250 g/mol. The molecule has 1 unspecified atom stereocenters. The summed E-state index contributed by atoms with van der Waals surface area (Å²) in [4.78, 5) is 9.02. The Kier molecular flexibility index (Phi) is 5.16. The second-order valence-electron chi connectivity index (χ2n) is 5.15. The third-order valence-electron chi connectivity index (χ3n) is 3.38. The average molecular weight is 273 g/mol. The van der Waals surface area contributed by atoms with Crippen LogP contribution in [0.2, 0.25) is 0 Å². The number of anilines is 1. The Labute approximate surface area is 120 Å². The first-order valence-electron chi connectivity index (χ1n) is 7.30. The summed E-state index contributed by atoms with van der Waals surface area (Å²) in [6, 6.07) is 6.17. The van der Waals surface area contributed by atoms with Gasteiger partial charge in [0.15, 0.2) is 0 Å². The van der Waals surface area contributed by atoms with E-state index in [2.05, 4.69) is 29.1 Å². The Morgan fingerprint density at radius 2 is 2.10 bits per heavy atom. The first-order valence-corrected chi connectivity index (χ1v) is 7.30. The lowest BCUT2D eigenvalue weighted by Crippen LogP contribution is -2.16. The van der Waals surface area contributed by atoms with Crippen LogP contribution in [0.1, 0.15) is 39.5 Å². The van der Waals surface area contributed by atoms with Gasteiger partial charge in [-0.1, -0.05) is 26.2 Å². The molecule has 1 aromatic heterocycles. The number of methoxy groups -OCH3 is 1. The summed E-state index contributed by atoms with van der Waals surface area (Å²) in [7, 11) is 1.66. The fourth-order valence-electron chi connectivity index (χ4n) is 2.21. The number of hydrogen-bond acceptors (Lipinski definition) is 4. The Balaban J connectivity index is 2.04. The molecule has 0 saturated heterocycles. The van der Waals surface area contributed by atoms with Crippen molar-refractivity contribution in [3.8, 4) is 5.75 Å². The van der Waals surface area contributed by atoms with Crippen molar-refractivity contribution >= 4 is 16.9 Å². The SMILES string of the molecule is CCCCCC(C)Nc1cnc2cc(OC)ccc2n1. The Hall–Kier alpha value is -1.84. The van der Waals surface area contributed by atoms with Crippen molar-refractivity contribution < 1.29 is 4.74 Å². The largest absolute Gasteiger partial charge is 0.497 e. The molecule has 0 aliphatic carbocycles. The third-order valence-corrected chi connectivity index (χ3v) is 3.38. The monoisotopic (exact) mass is 273 g/mol. The summed E-state index contributed by atoms with van der Waals surface area (Å²) in [6.45, 7) is 4.41. The van der Waals surface area contributed by atoms with Gasteiger partial charge in [-0.25, -0.2) is 4.98 Å². The van der Waals surface area contributed by atoms with Crippen LogP contribution >= 0.6 is 0 Å². The van der Waals surface area contributed by atoms with Crippen molar-refractivity contribution in [3.63, 3.8) is 0 Å². The molecule has 1 N–H and O–H groups in total. The van der Waals surface area contributed by atoms with Gasteiger partial charge < -0.3 is 10.1 Å². The molecule has 4 nitrogen and oxygen atoms in total. The molecular formula is C16H23N3O. The molecule has 2 rings (SSSR count). The van der Waals surface area contributed by atoms with Crippen molar-refractivity contribution in [2.75, 3.05) is 12.4 Å². The van der Waals surface area contributed by atoms with Crippen molar-refractivity contribution in [1.29, 1.82) is 0 Å². The molecule has 0 fully saturated rings. The van der Waals surface area contributed by atoms with E-state index in [1.807, 2.05) is 18.2 Å². The normalized spacial score (nSPS) is 12.3. The zero-order valence-corrected chi connectivity index (χ0v) is 12.5. The predicted octanol–water partition coefficient (Wildman–Crippen LogP) is 4.02. The molecule has 1 heterocycles. The number of unbranched alkanes of at least 4 members (excludes halogenated alkanes) is 2. The lowest BCUT2D eigenvalue weighted by molar-refractivity contribution is 0.415. The molecule has 0 bridgehead atoms. The number of fused-ring (bicyclic) bond motifs is 1. The minimum Gasteiger partial charge on any atom is -0.497 e. The minimum atomic E-state index is 0.423. The summed E-state index contributed by atoms with van der Waals surface area (Å²) in [5.41, 5.74) is 1.74. The molecule has 0 amide bonds. The average Bonchev–Trinajstić information content (AvgIpc) is 2.47. The third kappa shape index (κ3) is 3.83. The first-order chi connectivity index (χ1) is 9.72. The number of hydrogen-bond donors (Lipinski definition) is 1. The Morgan fingerprint density at radius 3 is 2.85 bits per heavy atom. The van der Waals surface area contributed by atoms with E-state index in [-0.39, 0.29) is 0 Å². The van der Waals surface area contributed by atoms with Gasteiger partial charge in [-0.15, -0.1) is 0 Å². The number of rotatable bonds is 7. The summed E-state index contributed by atoms with van der Waals surface area (Å²) in [6.07, 6.45) is 6.75. The first kappa shape index (κ1) is 14.6. The van der Waals surface area contributed by atoms with Crippen LogP contribution in [0.5, 0.6) is 5.75 Å². The van der Waals surface area contributed by atoms with Crippen LogP contribution in [0.15, 0.2) is 24.4 Å². The minimum absolute atomic E-state index is 0.423. The van der Waals surface area contributed by atoms with Gasteiger partial charge >= 0.3 is 0 Å². The summed E-state index contributed by atoms with van der Waals surface area (Å²) in [5, 5.41) is 3.42. The fourth-order valence-corrected chi connectivity index (χ4v) is 2.21. The maximum Gasteiger partial charge on any atom is 0.145 e. The van der Waals surface area contributed by atoms with Crippen molar-refractivity contribution in [2.45, 2.75) is 45.6 Å². The standard InChI is InChI=1S/C16H23N3O/c1-4-5-6-7-12(2)18-16-11-17-15-10-13(20-3)8-9-14(15)19-16/h8-12H,4-7H2,1-3H3,(H,18,19). The molecule has 2 aromatic rings. The molecule has 0 aliphatic heterocycles. The molecule has 0 aliphatic rings. The quantitative estimate of drug-likeness (QED) is 0.774. The van der Waals surface area contributed by atoms with E-state index >= 15 is 0 Å². The van der Waals surface area contributed by atoms with Crippen molar-refractivity contribution in [3.05, 3.63) is 24.4 Å². The highest BCUT2D eigenvalue weighted by molar-refractivity contribution is 5.77. The second kappa shape index (κ2) is 7.08. The summed E-state index contributed by atoms with van der Waals surface area (Å²) in [5.74, 6) is 1.65. The fraction of sp³-hybridized carbons (Fsp3) is 0.500. The van der Waals surface area contributed by atoms with Gasteiger partial charge in [0, 0.05) is 12.1 Å². The Bertz CT molecular complexity index is 556. The van der Waals surface area contributed by atoms with E-state index in [9.17, 15) is 0 Å². The number of benzene rings is 1. The topological polar surface area (TPSA) is 47.0 Å². The van der Waals surface area contributed by atoms with Crippen molar-refractivity contribution in [2.24, 2.45) is 0 Å². The van der Waals surface area contributed by atoms with Crippen LogP contribution < -0.4 is 10.1 Å². The molecule has 0 saturated carbocycles. The lowest BCUT2D eigenvalue weighted by atomic mass is 10.1. The van der Waals surface area contributed by atoms with Gasteiger partial charge in [-0.2, -0.15) is 0 Å². The lowest BCUT2D eigenvalue weighted by Gasteiger charge is -2.14. The van der Waals surface area contributed by atoms with E-state index in [0.717, 1.165) is 29.0 Å². The number of ether oxygens (including phenoxy) is 1. The maximum atomic E-state index is 5.19. The summed E-state index contributed by atoms with van der Waals surface area (Å²) < 4.78 is 5.19. The van der Waals surface area contributed by atoms with Gasteiger partial charge in [0.2, 0.25) is 0 Å². The smallest absolute Gasteiger partial charge is 0.145 e. The van der Waals surface area contributed by atoms with Crippen LogP contribution in [0.3, 0.4) is 0 Å². The van der Waals surface area contributed by atoms with E-state index in [0.29, 0.717) is 6.04 Å². The van der Waals surface area contributed by atoms with Gasteiger partial charge in [-0.3, -0.25) is 4.98 Å². The second-order valence-corrected chi connectivity index (χ2v) is 5.15. The maximum absolute atomic E-state index is 5.19. The van der Waals surface area contributed by atoms with Crippen LogP contribution in [0.4, 0.5) is 5.82 Å². The van der Waals surface area contributed by atoms with E-state index < -0.39 is 0 Å². The number of aromatic nitrogens is 2. The molecule has 108 valence electrons. The molecule has 1 aromatic carbocycles. The highest BCUT2D eigenvalue weighted by atomic mass is 16.5. The van der Waals surface area contributed by atoms with Gasteiger partial charge in [0.05, 0.1) is 24.3 Å². The van der Waals surface area contributed by atoms with Crippen LogP contribution in [0, 0.1) is 0 Å². The van der Waals surface area contributed by atoms with Crippen molar-refractivity contribution in [1.82, 2.24) is 9.97 Å². The van der Waals surface area contributed by atoms with Crippen LogP contribution in [-0.4, -0.2) is 23.1 Å². The van der Waals surface area contributed by atoms with Crippen LogP contribution in [0.25, 0.3) is 11.0 Å². The Morgan fingerprint density at radius 1 is 1.25 bits per heavy atom. The van der Waals surface area contributed by atoms with Gasteiger partial charge in [-0.05, 0) is 25.5 Å². The molecule has 20 heavy (non-hydrogen) atoms. The van der Waals surface area contributed by atoms with E-state index in [4.69, 9.17) is 4.74 Å². The zero-order chi connectivity index (χ0) is 14.4. The molecule has 1 atom stereocenters. The predicted molar refractivity (Wildman–Crippen MR) is 83.3 cm³/mol. The van der Waals surface area contributed by atoms with E-state index in [1.165, 1.54) is 19.3 Å². The number of nitrogens with one attached hydrogen (secondary N) is 1. The number of nitrogens with zero attached hydrogens (tertiary/aromatic N) is 2. The highest BCUT2D eigenvalue weighted by Gasteiger charge is 2.05. The molecule has 0 spiro atoms.